The van der Waals surface area contributed by atoms with Crippen LogP contribution >= 0.6 is 0 Å². The topological polar surface area (TPSA) is 62.8 Å². The van der Waals surface area contributed by atoms with Crippen molar-refractivity contribution >= 4 is 6.03 Å². The normalized spacial score (nSPS) is 28.6. The fraction of sp³-hybridized carbons (Fsp3) is 0.944. The summed E-state index contributed by atoms with van der Waals surface area (Å²) in [4.78, 5) is 14.7. The summed E-state index contributed by atoms with van der Waals surface area (Å²) >= 11 is 0. The van der Waals surface area contributed by atoms with Gasteiger partial charge in [0.25, 0.3) is 0 Å². The first kappa shape index (κ1) is 18.0. The van der Waals surface area contributed by atoms with E-state index in [-0.39, 0.29) is 6.03 Å². The molecule has 2 N–H and O–H groups in total. The van der Waals surface area contributed by atoms with Crippen molar-refractivity contribution in [3.05, 3.63) is 0 Å². The highest BCUT2D eigenvalue weighted by molar-refractivity contribution is 5.73. The van der Waals surface area contributed by atoms with Crippen molar-refractivity contribution in [3.8, 4) is 0 Å². The average Bonchev–Trinajstić information content (AvgIpc) is 3.27. The molecule has 3 rings (SSSR count). The lowest BCUT2D eigenvalue weighted by atomic mass is 9.89. The van der Waals surface area contributed by atoms with Crippen molar-refractivity contribution < 1.29 is 14.3 Å². The van der Waals surface area contributed by atoms with Gasteiger partial charge >= 0.3 is 6.03 Å². The standard InChI is InChI=1S/C18H33N3O3/c1-18(5-2-3-6-18)14-20-17(22)19-12-16(15-4-9-24-13-15)21-7-10-23-11-8-21/h15-16H,2-14H2,1H3,(H2,19,20,22)/t15-,16+/m0/s1. The fourth-order valence-corrected chi connectivity index (χ4v) is 4.32. The molecular weight excluding hydrogens is 306 g/mol. The molecule has 0 spiro atoms. The van der Waals surface area contributed by atoms with Crippen LogP contribution in [0.25, 0.3) is 0 Å². The molecule has 2 amide bonds. The Hall–Kier alpha value is -0.850. The number of hydrogen-bond donors (Lipinski definition) is 2. The second-order valence-electron chi connectivity index (χ2n) is 7.92. The van der Waals surface area contributed by atoms with E-state index >= 15 is 0 Å². The number of carbonyl (C=O) groups excluding carboxylic acids is 1. The van der Waals surface area contributed by atoms with Gasteiger partial charge in [0, 0.05) is 44.7 Å². The lowest BCUT2D eigenvalue weighted by molar-refractivity contribution is 0.00211. The lowest BCUT2D eigenvalue weighted by Gasteiger charge is -2.37. The minimum atomic E-state index is -0.0275. The zero-order valence-corrected chi connectivity index (χ0v) is 15.0. The van der Waals surface area contributed by atoms with E-state index in [2.05, 4.69) is 22.5 Å². The summed E-state index contributed by atoms with van der Waals surface area (Å²) in [7, 11) is 0. The monoisotopic (exact) mass is 339 g/mol. The van der Waals surface area contributed by atoms with Crippen LogP contribution in [0.1, 0.15) is 39.0 Å². The molecule has 0 aromatic carbocycles. The quantitative estimate of drug-likeness (QED) is 0.772. The smallest absolute Gasteiger partial charge is 0.314 e. The maximum absolute atomic E-state index is 12.2. The van der Waals surface area contributed by atoms with Gasteiger partial charge in [0.1, 0.15) is 0 Å². The van der Waals surface area contributed by atoms with Gasteiger partial charge in [0.15, 0.2) is 0 Å². The van der Waals surface area contributed by atoms with Crippen molar-refractivity contribution in [2.24, 2.45) is 11.3 Å². The van der Waals surface area contributed by atoms with Crippen LogP contribution in [-0.2, 0) is 9.47 Å². The Morgan fingerprint density at radius 1 is 1.17 bits per heavy atom. The van der Waals surface area contributed by atoms with Gasteiger partial charge in [-0.15, -0.1) is 0 Å². The van der Waals surface area contributed by atoms with Gasteiger partial charge in [-0.25, -0.2) is 4.79 Å². The molecule has 2 aliphatic heterocycles. The van der Waals surface area contributed by atoms with E-state index in [0.29, 0.717) is 23.9 Å². The summed E-state index contributed by atoms with van der Waals surface area (Å²) in [6.45, 7) is 8.88. The van der Waals surface area contributed by atoms with E-state index in [1.807, 2.05) is 0 Å². The van der Waals surface area contributed by atoms with Crippen molar-refractivity contribution in [1.82, 2.24) is 15.5 Å². The maximum Gasteiger partial charge on any atom is 0.314 e. The Bertz CT molecular complexity index is 400. The predicted molar refractivity (Wildman–Crippen MR) is 93.1 cm³/mol. The van der Waals surface area contributed by atoms with Crippen LogP contribution in [0.2, 0.25) is 0 Å². The highest BCUT2D eigenvalue weighted by atomic mass is 16.5. The molecule has 6 nitrogen and oxygen atoms in total. The molecule has 1 saturated carbocycles. The summed E-state index contributed by atoms with van der Waals surface area (Å²) < 4.78 is 11.0. The van der Waals surface area contributed by atoms with Gasteiger partial charge in [-0.3, -0.25) is 4.90 Å². The Morgan fingerprint density at radius 2 is 1.92 bits per heavy atom. The largest absolute Gasteiger partial charge is 0.381 e. The molecule has 2 atom stereocenters. The Morgan fingerprint density at radius 3 is 2.58 bits per heavy atom. The molecule has 138 valence electrons. The third-order valence-electron chi connectivity index (χ3n) is 5.98. The van der Waals surface area contributed by atoms with Gasteiger partial charge in [-0.2, -0.15) is 0 Å². The number of ether oxygens (including phenoxy) is 2. The summed E-state index contributed by atoms with van der Waals surface area (Å²) in [5, 5.41) is 6.20. The van der Waals surface area contributed by atoms with Crippen LogP contribution in [0.4, 0.5) is 4.79 Å². The van der Waals surface area contributed by atoms with Gasteiger partial charge < -0.3 is 20.1 Å². The minimum Gasteiger partial charge on any atom is -0.381 e. The number of amides is 2. The summed E-state index contributed by atoms with van der Waals surface area (Å²) in [6.07, 6.45) is 6.12. The number of nitrogens with zero attached hydrogens (tertiary/aromatic N) is 1. The number of rotatable bonds is 6. The van der Waals surface area contributed by atoms with Gasteiger partial charge in [-0.05, 0) is 24.7 Å². The van der Waals surface area contributed by atoms with Crippen LogP contribution in [-0.4, -0.2) is 69.6 Å². The van der Waals surface area contributed by atoms with E-state index in [9.17, 15) is 4.79 Å². The molecule has 0 unspecified atom stereocenters. The molecule has 24 heavy (non-hydrogen) atoms. The lowest BCUT2D eigenvalue weighted by Crippen LogP contribution is -2.53. The highest BCUT2D eigenvalue weighted by Crippen LogP contribution is 2.36. The second kappa shape index (κ2) is 8.50. The van der Waals surface area contributed by atoms with Crippen molar-refractivity contribution in [3.63, 3.8) is 0 Å². The Balaban J connectivity index is 1.46. The molecule has 2 heterocycles. The van der Waals surface area contributed by atoms with Gasteiger partial charge in [0.2, 0.25) is 0 Å². The molecule has 0 bridgehead atoms. The maximum atomic E-state index is 12.2. The zero-order valence-electron chi connectivity index (χ0n) is 15.0. The third kappa shape index (κ3) is 4.83. The average molecular weight is 339 g/mol. The minimum absolute atomic E-state index is 0.0275. The van der Waals surface area contributed by atoms with Crippen LogP contribution < -0.4 is 10.6 Å². The number of hydrogen-bond acceptors (Lipinski definition) is 4. The van der Waals surface area contributed by atoms with Crippen molar-refractivity contribution in [2.75, 3.05) is 52.6 Å². The predicted octanol–water partition coefficient (Wildman–Crippen LogP) is 1.60. The zero-order chi connectivity index (χ0) is 16.8. The van der Waals surface area contributed by atoms with Gasteiger partial charge in [0.05, 0.1) is 19.8 Å². The van der Waals surface area contributed by atoms with Crippen molar-refractivity contribution in [2.45, 2.75) is 45.1 Å². The molecule has 0 aromatic rings. The molecule has 3 fully saturated rings. The first-order valence-electron chi connectivity index (χ1n) is 9.58. The number of carbonyl (C=O) groups is 1. The highest BCUT2D eigenvalue weighted by Gasteiger charge is 2.32. The van der Waals surface area contributed by atoms with Crippen LogP contribution in [0, 0.1) is 11.3 Å². The Labute approximate surface area is 145 Å². The number of urea groups is 1. The summed E-state index contributed by atoms with van der Waals surface area (Å²) in [5.41, 5.74) is 0.292. The molecule has 1 aliphatic carbocycles. The van der Waals surface area contributed by atoms with E-state index in [1.54, 1.807) is 0 Å². The van der Waals surface area contributed by atoms with E-state index < -0.39 is 0 Å². The summed E-state index contributed by atoms with van der Waals surface area (Å²) in [6, 6.07) is 0.324. The van der Waals surface area contributed by atoms with Crippen LogP contribution in [0.15, 0.2) is 0 Å². The fourth-order valence-electron chi connectivity index (χ4n) is 4.32. The third-order valence-corrected chi connectivity index (χ3v) is 5.98. The number of morpholine rings is 1. The van der Waals surface area contributed by atoms with Crippen LogP contribution in [0.5, 0.6) is 0 Å². The van der Waals surface area contributed by atoms with E-state index in [0.717, 1.165) is 52.5 Å². The Kier molecular flexibility index (Phi) is 6.36. The first-order valence-corrected chi connectivity index (χ1v) is 9.58. The van der Waals surface area contributed by atoms with E-state index in [4.69, 9.17) is 9.47 Å². The molecule has 0 aromatic heterocycles. The first-order chi connectivity index (χ1) is 11.7. The molecule has 0 radical (unpaired) electrons. The molecule has 6 heteroatoms. The summed E-state index contributed by atoms with van der Waals surface area (Å²) in [5.74, 6) is 0.510. The molecule has 3 aliphatic rings. The molecule has 2 saturated heterocycles. The SMILES string of the molecule is CC1(CNC(=O)NC[C@H]([C@H]2CCOC2)N2CCOCC2)CCCC1. The van der Waals surface area contributed by atoms with Crippen molar-refractivity contribution in [1.29, 1.82) is 0 Å². The molecular formula is C18H33N3O3. The van der Waals surface area contributed by atoms with Crippen LogP contribution in [0.3, 0.4) is 0 Å². The van der Waals surface area contributed by atoms with E-state index in [1.165, 1.54) is 25.7 Å². The second-order valence-corrected chi connectivity index (χ2v) is 7.92. The number of nitrogens with one attached hydrogen (secondary N) is 2. The van der Waals surface area contributed by atoms with Gasteiger partial charge in [-0.1, -0.05) is 19.8 Å².